The summed E-state index contributed by atoms with van der Waals surface area (Å²) in [5, 5.41) is 14.4. The molecule has 1 unspecified atom stereocenters. The number of aliphatic hydroxyl groups excluding tert-OH is 1. The van der Waals surface area contributed by atoms with E-state index >= 15 is 0 Å². The van der Waals surface area contributed by atoms with Crippen molar-refractivity contribution >= 4 is 16.7 Å². The van der Waals surface area contributed by atoms with Gasteiger partial charge in [-0.2, -0.15) is 0 Å². The van der Waals surface area contributed by atoms with Crippen LogP contribution in [0.1, 0.15) is 38.2 Å². The summed E-state index contributed by atoms with van der Waals surface area (Å²) in [5.41, 5.74) is 1.27. The Morgan fingerprint density at radius 3 is 2.68 bits per heavy atom. The number of fused-ring (bicyclic) bond motifs is 1. The predicted octanol–water partition coefficient (Wildman–Crippen LogP) is 3.44. The van der Waals surface area contributed by atoms with Gasteiger partial charge in [0.2, 0.25) is 5.91 Å². The maximum absolute atomic E-state index is 11.9. The largest absolute Gasteiger partial charge is 0.396 e. The second-order valence-electron chi connectivity index (χ2n) is 5.72. The third kappa shape index (κ3) is 4.85. The highest BCUT2D eigenvalue weighted by atomic mass is 16.3. The third-order valence-corrected chi connectivity index (χ3v) is 4.02. The molecule has 3 heteroatoms. The molecular weight excluding hydrogens is 274 g/mol. The normalized spacial score (nSPS) is 12.3. The van der Waals surface area contributed by atoms with E-state index in [1.165, 1.54) is 16.3 Å². The second-order valence-corrected chi connectivity index (χ2v) is 5.72. The standard InChI is InChI=1S/C19H25NO2/c1-2-18(12-13-21)20-19(22)9-5-6-15-10-11-16-7-3-4-8-17(16)14-15/h3-4,7-8,10-11,14,18,21H,2,5-6,9,12-13H2,1H3,(H,20,22). The number of rotatable bonds is 8. The van der Waals surface area contributed by atoms with Gasteiger partial charge in [-0.15, -0.1) is 0 Å². The number of aliphatic hydroxyl groups is 1. The SMILES string of the molecule is CCC(CCO)NC(=O)CCCc1ccc2ccccc2c1. The Balaban J connectivity index is 1.80. The molecule has 0 aromatic heterocycles. The Morgan fingerprint density at radius 1 is 1.18 bits per heavy atom. The lowest BCUT2D eigenvalue weighted by molar-refractivity contribution is -0.122. The number of hydrogen-bond donors (Lipinski definition) is 2. The van der Waals surface area contributed by atoms with Crippen molar-refractivity contribution in [3.05, 3.63) is 48.0 Å². The van der Waals surface area contributed by atoms with Crippen LogP contribution in [0.2, 0.25) is 0 Å². The molecule has 2 aromatic rings. The average Bonchev–Trinajstić information content (AvgIpc) is 2.54. The molecule has 0 aliphatic rings. The van der Waals surface area contributed by atoms with Crippen molar-refractivity contribution in [2.75, 3.05) is 6.61 Å². The Labute approximate surface area is 132 Å². The average molecular weight is 299 g/mol. The van der Waals surface area contributed by atoms with Gasteiger partial charge in [-0.25, -0.2) is 0 Å². The first-order valence-corrected chi connectivity index (χ1v) is 8.11. The molecule has 22 heavy (non-hydrogen) atoms. The van der Waals surface area contributed by atoms with Gasteiger partial charge >= 0.3 is 0 Å². The first-order valence-electron chi connectivity index (χ1n) is 8.11. The monoisotopic (exact) mass is 299 g/mol. The lowest BCUT2D eigenvalue weighted by Gasteiger charge is -2.15. The predicted molar refractivity (Wildman–Crippen MR) is 90.8 cm³/mol. The minimum atomic E-state index is 0.0843. The summed E-state index contributed by atoms with van der Waals surface area (Å²) < 4.78 is 0. The van der Waals surface area contributed by atoms with E-state index in [-0.39, 0.29) is 18.6 Å². The van der Waals surface area contributed by atoms with Crippen molar-refractivity contribution in [3.8, 4) is 0 Å². The Hall–Kier alpha value is -1.87. The van der Waals surface area contributed by atoms with Gasteiger partial charge in [-0.1, -0.05) is 49.4 Å². The first-order chi connectivity index (χ1) is 10.7. The number of carbonyl (C=O) groups excluding carboxylic acids is 1. The molecule has 1 atom stereocenters. The Kier molecular flexibility index (Phi) is 6.41. The van der Waals surface area contributed by atoms with E-state index in [4.69, 9.17) is 5.11 Å². The maximum atomic E-state index is 11.9. The highest BCUT2D eigenvalue weighted by molar-refractivity contribution is 5.83. The molecule has 0 bridgehead atoms. The molecule has 0 saturated carbocycles. The van der Waals surface area contributed by atoms with E-state index in [0.29, 0.717) is 12.8 Å². The fourth-order valence-electron chi connectivity index (χ4n) is 2.68. The van der Waals surface area contributed by atoms with E-state index < -0.39 is 0 Å². The molecule has 0 radical (unpaired) electrons. The zero-order valence-corrected chi connectivity index (χ0v) is 13.2. The van der Waals surface area contributed by atoms with Gasteiger partial charge in [0.15, 0.2) is 0 Å². The Bertz CT molecular complexity index is 609. The van der Waals surface area contributed by atoms with Crippen LogP contribution in [0.25, 0.3) is 10.8 Å². The molecule has 1 amide bonds. The fraction of sp³-hybridized carbons (Fsp3) is 0.421. The molecule has 2 rings (SSSR count). The molecular formula is C19H25NO2. The van der Waals surface area contributed by atoms with Gasteiger partial charge in [0.1, 0.15) is 0 Å². The molecule has 0 spiro atoms. The van der Waals surface area contributed by atoms with Crippen LogP contribution in [-0.2, 0) is 11.2 Å². The number of hydrogen-bond acceptors (Lipinski definition) is 2. The summed E-state index contributed by atoms with van der Waals surface area (Å²) >= 11 is 0. The number of aryl methyl sites for hydroxylation is 1. The zero-order chi connectivity index (χ0) is 15.8. The minimum Gasteiger partial charge on any atom is -0.396 e. The summed E-state index contributed by atoms with van der Waals surface area (Å²) in [6, 6.07) is 14.9. The topological polar surface area (TPSA) is 49.3 Å². The number of benzene rings is 2. The van der Waals surface area contributed by atoms with Crippen molar-refractivity contribution in [3.63, 3.8) is 0 Å². The molecule has 0 aliphatic heterocycles. The van der Waals surface area contributed by atoms with Gasteiger partial charge < -0.3 is 10.4 Å². The molecule has 0 saturated heterocycles. The van der Waals surface area contributed by atoms with Gasteiger partial charge in [-0.3, -0.25) is 4.79 Å². The van der Waals surface area contributed by atoms with Crippen LogP contribution >= 0.6 is 0 Å². The van der Waals surface area contributed by atoms with Crippen molar-refractivity contribution < 1.29 is 9.90 Å². The molecule has 0 aliphatic carbocycles. The fourth-order valence-corrected chi connectivity index (χ4v) is 2.68. The maximum Gasteiger partial charge on any atom is 0.220 e. The van der Waals surface area contributed by atoms with Crippen LogP contribution < -0.4 is 5.32 Å². The van der Waals surface area contributed by atoms with Crippen LogP contribution in [0.5, 0.6) is 0 Å². The first kappa shape index (κ1) is 16.5. The second kappa shape index (κ2) is 8.54. The van der Waals surface area contributed by atoms with Crippen molar-refractivity contribution in [2.45, 2.75) is 45.1 Å². The molecule has 2 aromatic carbocycles. The van der Waals surface area contributed by atoms with Crippen LogP contribution in [-0.4, -0.2) is 23.7 Å². The molecule has 0 heterocycles. The van der Waals surface area contributed by atoms with Crippen molar-refractivity contribution in [2.24, 2.45) is 0 Å². The van der Waals surface area contributed by atoms with Gasteiger partial charge in [-0.05, 0) is 42.0 Å². The van der Waals surface area contributed by atoms with E-state index in [1.54, 1.807) is 0 Å². The zero-order valence-electron chi connectivity index (χ0n) is 13.2. The van der Waals surface area contributed by atoms with Crippen LogP contribution in [0.4, 0.5) is 0 Å². The van der Waals surface area contributed by atoms with Crippen LogP contribution in [0.15, 0.2) is 42.5 Å². The lowest BCUT2D eigenvalue weighted by atomic mass is 10.0. The molecule has 118 valence electrons. The smallest absolute Gasteiger partial charge is 0.220 e. The van der Waals surface area contributed by atoms with E-state index in [2.05, 4.69) is 35.6 Å². The van der Waals surface area contributed by atoms with E-state index in [0.717, 1.165) is 19.3 Å². The summed E-state index contributed by atoms with van der Waals surface area (Å²) in [5.74, 6) is 0.0843. The highest BCUT2D eigenvalue weighted by Gasteiger charge is 2.09. The van der Waals surface area contributed by atoms with Gasteiger partial charge in [0, 0.05) is 19.1 Å². The number of nitrogens with one attached hydrogen (secondary N) is 1. The lowest BCUT2D eigenvalue weighted by Crippen LogP contribution is -2.34. The quantitative estimate of drug-likeness (QED) is 0.784. The van der Waals surface area contributed by atoms with Crippen LogP contribution in [0, 0.1) is 0 Å². The van der Waals surface area contributed by atoms with Crippen molar-refractivity contribution in [1.29, 1.82) is 0 Å². The van der Waals surface area contributed by atoms with Crippen molar-refractivity contribution in [1.82, 2.24) is 5.32 Å². The number of amides is 1. The summed E-state index contributed by atoms with van der Waals surface area (Å²) in [6.45, 7) is 2.14. The molecule has 2 N–H and O–H groups in total. The van der Waals surface area contributed by atoms with Crippen LogP contribution in [0.3, 0.4) is 0 Å². The summed E-state index contributed by atoms with van der Waals surface area (Å²) in [4.78, 5) is 11.9. The highest BCUT2D eigenvalue weighted by Crippen LogP contribution is 2.17. The van der Waals surface area contributed by atoms with E-state index in [1.807, 2.05) is 19.1 Å². The summed E-state index contributed by atoms with van der Waals surface area (Å²) in [6.07, 6.45) is 3.79. The van der Waals surface area contributed by atoms with Gasteiger partial charge in [0.05, 0.1) is 0 Å². The minimum absolute atomic E-state index is 0.0843. The summed E-state index contributed by atoms with van der Waals surface area (Å²) in [7, 11) is 0. The third-order valence-electron chi connectivity index (χ3n) is 4.02. The molecule has 3 nitrogen and oxygen atoms in total. The van der Waals surface area contributed by atoms with Gasteiger partial charge in [0.25, 0.3) is 0 Å². The Morgan fingerprint density at radius 2 is 1.95 bits per heavy atom. The number of carbonyl (C=O) groups is 1. The molecule has 0 fully saturated rings. The van der Waals surface area contributed by atoms with E-state index in [9.17, 15) is 4.79 Å².